The van der Waals surface area contributed by atoms with Gasteiger partial charge in [-0.15, -0.1) is 11.3 Å². The third kappa shape index (κ3) is 2.67. The van der Waals surface area contributed by atoms with Gasteiger partial charge in [-0.1, -0.05) is 18.2 Å². The van der Waals surface area contributed by atoms with Crippen molar-refractivity contribution < 1.29 is 0 Å². The summed E-state index contributed by atoms with van der Waals surface area (Å²) in [7, 11) is 0. The molecule has 2 aliphatic rings. The van der Waals surface area contributed by atoms with Crippen molar-refractivity contribution in [2.75, 3.05) is 23.7 Å². The largest absolute Gasteiger partial charge is 0.342 e. The summed E-state index contributed by atoms with van der Waals surface area (Å²) in [6.45, 7) is 1.96. The van der Waals surface area contributed by atoms with Crippen molar-refractivity contribution in [2.24, 2.45) is 0 Å². The van der Waals surface area contributed by atoms with E-state index in [9.17, 15) is 4.79 Å². The second-order valence-electron chi connectivity index (χ2n) is 6.92. The molecule has 6 heteroatoms. The number of para-hydroxylation sites is 1. The number of aromatic nitrogens is 2. The van der Waals surface area contributed by atoms with Crippen molar-refractivity contribution in [3.63, 3.8) is 0 Å². The van der Waals surface area contributed by atoms with Gasteiger partial charge in [0.15, 0.2) is 0 Å². The second-order valence-corrected chi connectivity index (χ2v) is 9.11. The summed E-state index contributed by atoms with van der Waals surface area (Å²) in [4.78, 5) is 23.2. The van der Waals surface area contributed by atoms with Crippen LogP contribution < -0.4 is 10.5 Å². The lowest BCUT2D eigenvalue weighted by atomic mass is 10.1. The summed E-state index contributed by atoms with van der Waals surface area (Å²) >= 11 is 3.68. The number of thiophene rings is 1. The number of piperidine rings is 1. The van der Waals surface area contributed by atoms with Gasteiger partial charge in [0, 0.05) is 23.7 Å². The summed E-state index contributed by atoms with van der Waals surface area (Å²) in [5.41, 5.74) is 2.26. The van der Waals surface area contributed by atoms with Crippen LogP contribution in [0.25, 0.3) is 15.9 Å². The van der Waals surface area contributed by atoms with E-state index < -0.39 is 0 Å². The molecule has 2 aromatic heterocycles. The van der Waals surface area contributed by atoms with E-state index in [1.165, 1.54) is 29.7 Å². The Morgan fingerprint density at radius 1 is 1.04 bits per heavy atom. The first-order chi connectivity index (χ1) is 12.8. The average molecular weight is 384 g/mol. The number of anilines is 1. The summed E-state index contributed by atoms with van der Waals surface area (Å²) in [5, 5.41) is 0.856. The molecule has 4 nitrogen and oxygen atoms in total. The maximum Gasteiger partial charge on any atom is 0.268 e. The number of nitrogens with zero attached hydrogens (tertiary/aromatic N) is 3. The second kappa shape index (κ2) is 6.74. The quantitative estimate of drug-likeness (QED) is 0.664. The topological polar surface area (TPSA) is 38.1 Å². The smallest absolute Gasteiger partial charge is 0.268 e. The van der Waals surface area contributed by atoms with Gasteiger partial charge in [0.2, 0.25) is 5.95 Å². The Kier molecular flexibility index (Phi) is 4.25. The normalized spacial score (nSPS) is 17.5. The molecule has 0 aliphatic carbocycles. The van der Waals surface area contributed by atoms with Crippen molar-refractivity contribution >= 4 is 39.3 Å². The van der Waals surface area contributed by atoms with Crippen molar-refractivity contribution in [3.8, 4) is 5.69 Å². The Morgan fingerprint density at radius 2 is 1.85 bits per heavy atom. The van der Waals surface area contributed by atoms with Gasteiger partial charge >= 0.3 is 0 Å². The lowest BCUT2D eigenvalue weighted by molar-refractivity contribution is 0.563. The van der Waals surface area contributed by atoms with Crippen LogP contribution in [0.4, 0.5) is 5.95 Å². The van der Waals surface area contributed by atoms with Gasteiger partial charge in [-0.2, -0.15) is 11.8 Å². The third-order valence-corrected chi connectivity index (χ3v) is 7.57. The maximum atomic E-state index is 13.6. The van der Waals surface area contributed by atoms with E-state index in [0.717, 1.165) is 52.9 Å². The monoisotopic (exact) mass is 383 g/mol. The molecule has 1 aromatic carbocycles. The molecule has 2 aliphatic heterocycles. The number of thioether (sulfide) groups is 1. The Morgan fingerprint density at radius 3 is 2.65 bits per heavy atom. The molecular formula is C20H21N3OS2. The summed E-state index contributed by atoms with van der Waals surface area (Å²) in [6, 6.07) is 10.00. The highest BCUT2D eigenvalue weighted by Gasteiger charge is 2.25. The fraction of sp³-hybridized carbons (Fsp3) is 0.400. The third-order valence-electron chi connectivity index (χ3n) is 5.27. The zero-order chi connectivity index (χ0) is 17.5. The van der Waals surface area contributed by atoms with E-state index in [0.29, 0.717) is 0 Å². The van der Waals surface area contributed by atoms with E-state index in [1.807, 2.05) is 46.7 Å². The summed E-state index contributed by atoms with van der Waals surface area (Å²) < 4.78 is 1.85. The van der Waals surface area contributed by atoms with Gasteiger partial charge in [-0.3, -0.25) is 4.79 Å². The molecule has 1 fully saturated rings. The Balaban J connectivity index is 1.80. The molecule has 0 N–H and O–H groups in total. The maximum absolute atomic E-state index is 13.6. The molecule has 0 saturated carbocycles. The van der Waals surface area contributed by atoms with Crippen LogP contribution in [-0.2, 0) is 12.2 Å². The van der Waals surface area contributed by atoms with E-state index in [1.54, 1.807) is 11.3 Å². The molecule has 3 aromatic rings. The zero-order valence-corrected chi connectivity index (χ0v) is 16.2. The van der Waals surface area contributed by atoms with Crippen LogP contribution in [0.5, 0.6) is 0 Å². The number of hydrogen-bond donors (Lipinski definition) is 0. The molecule has 0 unspecified atom stereocenters. The van der Waals surface area contributed by atoms with Crippen molar-refractivity contribution in [3.05, 3.63) is 51.1 Å². The predicted octanol–water partition coefficient (Wildman–Crippen LogP) is 4.23. The van der Waals surface area contributed by atoms with Crippen LogP contribution in [0.3, 0.4) is 0 Å². The van der Waals surface area contributed by atoms with Crippen LogP contribution in [0.15, 0.2) is 35.1 Å². The fourth-order valence-corrected chi connectivity index (χ4v) is 6.32. The Bertz CT molecular complexity index is 1000. The van der Waals surface area contributed by atoms with Gasteiger partial charge in [-0.05, 0) is 49.1 Å². The number of benzene rings is 1. The lowest BCUT2D eigenvalue weighted by Gasteiger charge is -2.29. The van der Waals surface area contributed by atoms with Gasteiger partial charge in [0.25, 0.3) is 5.56 Å². The van der Waals surface area contributed by atoms with E-state index in [-0.39, 0.29) is 5.56 Å². The number of aryl methyl sites for hydroxylation is 1. The minimum Gasteiger partial charge on any atom is -0.342 e. The van der Waals surface area contributed by atoms with Gasteiger partial charge < -0.3 is 4.90 Å². The van der Waals surface area contributed by atoms with Gasteiger partial charge in [0.1, 0.15) is 4.83 Å². The van der Waals surface area contributed by atoms with Crippen LogP contribution in [0.1, 0.15) is 29.7 Å². The first kappa shape index (κ1) is 16.4. The van der Waals surface area contributed by atoms with Crippen molar-refractivity contribution in [1.82, 2.24) is 9.55 Å². The molecule has 1 saturated heterocycles. The number of hydrogen-bond acceptors (Lipinski definition) is 5. The molecule has 0 amide bonds. The predicted molar refractivity (Wildman–Crippen MR) is 111 cm³/mol. The highest BCUT2D eigenvalue weighted by molar-refractivity contribution is 7.98. The summed E-state index contributed by atoms with van der Waals surface area (Å²) in [6.07, 6.45) is 4.58. The van der Waals surface area contributed by atoms with Gasteiger partial charge in [-0.25, -0.2) is 9.55 Å². The van der Waals surface area contributed by atoms with E-state index in [2.05, 4.69) is 4.90 Å². The van der Waals surface area contributed by atoms with E-state index >= 15 is 0 Å². The molecular weight excluding hydrogens is 362 g/mol. The molecule has 134 valence electrons. The number of fused-ring (bicyclic) bond motifs is 3. The fourth-order valence-electron chi connectivity index (χ4n) is 3.98. The standard InChI is InChI=1S/C20H21N3OS2/c24-19-17-15-9-12-25-13-16(15)26-18(17)21-20(22-10-5-2-6-11-22)23(19)14-7-3-1-4-8-14/h1,3-4,7-8H,2,5-6,9-13H2. The average Bonchev–Trinajstić information content (AvgIpc) is 3.08. The van der Waals surface area contributed by atoms with Crippen LogP contribution >= 0.6 is 23.1 Å². The SMILES string of the molecule is O=c1c2c3c(sc2nc(N2CCCCC2)n1-c1ccccc1)CSCC3. The zero-order valence-electron chi connectivity index (χ0n) is 14.6. The molecule has 26 heavy (non-hydrogen) atoms. The Hall–Kier alpha value is -1.79. The summed E-state index contributed by atoms with van der Waals surface area (Å²) in [5.74, 6) is 2.93. The van der Waals surface area contributed by atoms with Gasteiger partial charge in [0.05, 0.1) is 11.1 Å². The molecule has 4 heterocycles. The van der Waals surface area contributed by atoms with Crippen LogP contribution in [-0.4, -0.2) is 28.4 Å². The molecule has 0 atom stereocenters. The molecule has 5 rings (SSSR count). The molecule has 0 radical (unpaired) electrons. The number of rotatable bonds is 2. The Labute approximate surface area is 160 Å². The van der Waals surface area contributed by atoms with Crippen LogP contribution in [0, 0.1) is 0 Å². The molecule has 0 bridgehead atoms. The minimum atomic E-state index is 0.103. The first-order valence-electron chi connectivity index (χ1n) is 9.28. The van der Waals surface area contributed by atoms with Crippen LogP contribution in [0.2, 0.25) is 0 Å². The van der Waals surface area contributed by atoms with Crippen molar-refractivity contribution in [2.45, 2.75) is 31.4 Å². The first-order valence-corrected chi connectivity index (χ1v) is 11.3. The lowest BCUT2D eigenvalue weighted by Crippen LogP contribution is -2.36. The molecule has 0 spiro atoms. The minimum absolute atomic E-state index is 0.103. The highest BCUT2D eigenvalue weighted by atomic mass is 32.2. The highest BCUT2D eigenvalue weighted by Crippen LogP contribution is 2.36. The van der Waals surface area contributed by atoms with Crippen molar-refractivity contribution in [1.29, 1.82) is 0 Å². The van der Waals surface area contributed by atoms with E-state index in [4.69, 9.17) is 4.98 Å².